The molecule has 1 N–H and O–H groups in total. The molecular formula is C7H15NOS. The predicted molar refractivity (Wildman–Crippen MR) is 45.1 cm³/mol. The number of rotatable bonds is 3. The van der Waals surface area contributed by atoms with E-state index >= 15 is 0 Å². The lowest BCUT2D eigenvalue weighted by atomic mass is 10.4. The van der Waals surface area contributed by atoms with Gasteiger partial charge in [0.15, 0.2) is 5.56 Å². The standard InChI is InChI=1S/C7H15NOS/c1-3-4-10-7-8-6(2)5-9-7/h6-8H,3-5H2,1-2H3. The molecule has 0 aliphatic carbocycles. The summed E-state index contributed by atoms with van der Waals surface area (Å²) in [5.41, 5.74) is 0.259. The zero-order chi connectivity index (χ0) is 7.40. The molecule has 1 rings (SSSR count). The predicted octanol–water partition coefficient (Wildman–Crippen LogP) is 1.42. The maximum absolute atomic E-state index is 5.42. The monoisotopic (exact) mass is 161 g/mol. The van der Waals surface area contributed by atoms with Gasteiger partial charge >= 0.3 is 0 Å². The van der Waals surface area contributed by atoms with Crippen LogP contribution in [0.4, 0.5) is 0 Å². The molecule has 0 amide bonds. The van der Waals surface area contributed by atoms with Gasteiger partial charge in [-0.25, -0.2) is 0 Å². The minimum Gasteiger partial charge on any atom is -0.352 e. The second-order valence-electron chi connectivity index (χ2n) is 2.60. The first kappa shape index (κ1) is 8.37. The van der Waals surface area contributed by atoms with E-state index in [1.807, 2.05) is 11.8 Å². The summed E-state index contributed by atoms with van der Waals surface area (Å²) in [7, 11) is 0. The molecule has 0 aromatic rings. The second-order valence-corrected chi connectivity index (χ2v) is 3.77. The summed E-state index contributed by atoms with van der Waals surface area (Å²) in [6, 6.07) is 0.536. The van der Waals surface area contributed by atoms with Crippen LogP contribution in [0.2, 0.25) is 0 Å². The lowest BCUT2D eigenvalue weighted by molar-refractivity contribution is 0.165. The molecule has 0 radical (unpaired) electrons. The molecule has 1 aliphatic rings. The fourth-order valence-electron chi connectivity index (χ4n) is 0.881. The van der Waals surface area contributed by atoms with Gasteiger partial charge in [0.1, 0.15) is 0 Å². The van der Waals surface area contributed by atoms with Crippen LogP contribution in [0, 0.1) is 0 Å². The first-order valence-corrected chi connectivity index (χ1v) is 4.87. The number of ether oxygens (including phenoxy) is 1. The Bertz CT molecular complexity index is 99.6. The Kier molecular flexibility index (Phi) is 3.52. The molecule has 60 valence electrons. The molecule has 1 heterocycles. The van der Waals surface area contributed by atoms with E-state index in [4.69, 9.17) is 4.74 Å². The van der Waals surface area contributed by atoms with Crippen molar-refractivity contribution in [3.63, 3.8) is 0 Å². The zero-order valence-electron chi connectivity index (χ0n) is 6.59. The van der Waals surface area contributed by atoms with Crippen molar-refractivity contribution in [3.8, 4) is 0 Å². The van der Waals surface area contributed by atoms with Crippen LogP contribution in [-0.2, 0) is 4.74 Å². The van der Waals surface area contributed by atoms with Gasteiger partial charge in [0, 0.05) is 6.04 Å². The van der Waals surface area contributed by atoms with Crippen molar-refractivity contribution in [2.24, 2.45) is 0 Å². The van der Waals surface area contributed by atoms with Crippen molar-refractivity contribution >= 4 is 11.8 Å². The summed E-state index contributed by atoms with van der Waals surface area (Å²) >= 11 is 1.85. The molecule has 1 aliphatic heterocycles. The van der Waals surface area contributed by atoms with Crippen molar-refractivity contribution in [2.75, 3.05) is 12.4 Å². The maximum Gasteiger partial charge on any atom is 0.156 e. The minimum absolute atomic E-state index is 0.259. The third kappa shape index (κ3) is 2.48. The van der Waals surface area contributed by atoms with Gasteiger partial charge in [0.2, 0.25) is 0 Å². The number of hydrogen-bond donors (Lipinski definition) is 1. The quantitative estimate of drug-likeness (QED) is 0.676. The highest BCUT2D eigenvalue weighted by Crippen LogP contribution is 2.16. The minimum atomic E-state index is 0.259. The van der Waals surface area contributed by atoms with Crippen LogP contribution < -0.4 is 5.32 Å². The van der Waals surface area contributed by atoms with Crippen molar-refractivity contribution in [2.45, 2.75) is 31.9 Å². The first-order valence-electron chi connectivity index (χ1n) is 3.82. The third-order valence-electron chi connectivity index (χ3n) is 1.39. The van der Waals surface area contributed by atoms with Gasteiger partial charge in [0.25, 0.3) is 0 Å². The molecule has 0 spiro atoms. The van der Waals surface area contributed by atoms with Crippen molar-refractivity contribution in [1.29, 1.82) is 0 Å². The van der Waals surface area contributed by atoms with Crippen LogP contribution in [0.15, 0.2) is 0 Å². The summed E-state index contributed by atoms with van der Waals surface area (Å²) in [6.07, 6.45) is 1.22. The van der Waals surface area contributed by atoms with E-state index in [-0.39, 0.29) is 5.56 Å². The van der Waals surface area contributed by atoms with E-state index < -0.39 is 0 Å². The van der Waals surface area contributed by atoms with Crippen molar-refractivity contribution < 1.29 is 4.74 Å². The zero-order valence-corrected chi connectivity index (χ0v) is 7.41. The van der Waals surface area contributed by atoms with Gasteiger partial charge in [-0.1, -0.05) is 6.92 Å². The van der Waals surface area contributed by atoms with Gasteiger partial charge in [-0.3, -0.25) is 5.32 Å². The summed E-state index contributed by atoms with van der Waals surface area (Å²) in [5, 5.41) is 3.33. The Labute approximate surface area is 66.7 Å². The Balaban J connectivity index is 2.06. The Morgan fingerprint density at radius 2 is 2.50 bits per heavy atom. The van der Waals surface area contributed by atoms with Crippen molar-refractivity contribution in [3.05, 3.63) is 0 Å². The largest absolute Gasteiger partial charge is 0.352 e. The van der Waals surface area contributed by atoms with Crippen LogP contribution in [-0.4, -0.2) is 24.0 Å². The Hall–Kier alpha value is 0.270. The number of nitrogens with one attached hydrogen (secondary N) is 1. The SMILES string of the molecule is CCCSC1NC(C)CO1. The first-order chi connectivity index (χ1) is 4.83. The summed E-state index contributed by atoms with van der Waals surface area (Å²) < 4.78 is 5.42. The van der Waals surface area contributed by atoms with E-state index in [1.165, 1.54) is 12.2 Å². The summed E-state index contributed by atoms with van der Waals surface area (Å²) in [6.45, 7) is 5.19. The van der Waals surface area contributed by atoms with E-state index in [1.54, 1.807) is 0 Å². The molecule has 1 saturated heterocycles. The fourth-order valence-corrected chi connectivity index (χ4v) is 1.83. The molecule has 0 aromatic heterocycles. The van der Waals surface area contributed by atoms with Gasteiger partial charge in [-0.05, 0) is 19.1 Å². The van der Waals surface area contributed by atoms with Crippen LogP contribution in [0.1, 0.15) is 20.3 Å². The third-order valence-corrected chi connectivity index (χ3v) is 2.61. The molecule has 2 nitrogen and oxygen atoms in total. The molecule has 2 unspecified atom stereocenters. The highest BCUT2D eigenvalue weighted by atomic mass is 32.2. The van der Waals surface area contributed by atoms with Crippen LogP contribution in [0.3, 0.4) is 0 Å². The highest BCUT2D eigenvalue weighted by molar-refractivity contribution is 7.99. The molecule has 0 aromatic carbocycles. The molecule has 0 saturated carbocycles. The highest BCUT2D eigenvalue weighted by Gasteiger charge is 2.19. The lowest BCUT2D eigenvalue weighted by Gasteiger charge is -2.07. The number of thioether (sulfide) groups is 1. The summed E-state index contributed by atoms with van der Waals surface area (Å²) in [4.78, 5) is 0. The Morgan fingerprint density at radius 3 is 3.00 bits per heavy atom. The van der Waals surface area contributed by atoms with Gasteiger partial charge < -0.3 is 4.74 Å². The fraction of sp³-hybridized carbons (Fsp3) is 1.00. The topological polar surface area (TPSA) is 21.3 Å². The van der Waals surface area contributed by atoms with Gasteiger partial charge in [0.05, 0.1) is 6.61 Å². The molecule has 0 bridgehead atoms. The average molecular weight is 161 g/mol. The molecule has 3 heteroatoms. The van der Waals surface area contributed by atoms with E-state index in [0.29, 0.717) is 6.04 Å². The maximum atomic E-state index is 5.42. The normalized spacial score (nSPS) is 33.0. The lowest BCUT2D eigenvalue weighted by Crippen LogP contribution is -2.25. The molecule has 10 heavy (non-hydrogen) atoms. The van der Waals surface area contributed by atoms with Crippen LogP contribution in [0.25, 0.3) is 0 Å². The van der Waals surface area contributed by atoms with Crippen LogP contribution >= 0.6 is 11.8 Å². The van der Waals surface area contributed by atoms with E-state index in [9.17, 15) is 0 Å². The second kappa shape index (κ2) is 4.21. The van der Waals surface area contributed by atoms with Crippen molar-refractivity contribution in [1.82, 2.24) is 5.32 Å². The molecule has 2 atom stereocenters. The van der Waals surface area contributed by atoms with Crippen LogP contribution in [0.5, 0.6) is 0 Å². The summed E-state index contributed by atoms with van der Waals surface area (Å²) in [5.74, 6) is 1.18. The Morgan fingerprint density at radius 1 is 1.70 bits per heavy atom. The molecule has 1 fully saturated rings. The van der Waals surface area contributed by atoms with Gasteiger partial charge in [-0.15, -0.1) is 11.8 Å². The van der Waals surface area contributed by atoms with E-state index in [2.05, 4.69) is 19.2 Å². The van der Waals surface area contributed by atoms with E-state index in [0.717, 1.165) is 6.61 Å². The average Bonchev–Trinajstić information content (AvgIpc) is 2.31. The smallest absolute Gasteiger partial charge is 0.156 e. The molecular weight excluding hydrogens is 146 g/mol. The number of hydrogen-bond acceptors (Lipinski definition) is 3. The van der Waals surface area contributed by atoms with Gasteiger partial charge in [-0.2, -0.15) is 0 Å².